The maximum atomic E-state index is 12.8. The Kier molecular flexibility index (Phi) is 15.1. The average molecular weight is 1390 g/mol. The van der Waals surface area contributed by atoms with Crippen molar-refractivity contribution in [3.8, 4) is 0 Å². The number of hydrogen-bond donors (Lipinski definition) is 1. The molecule has 7 aliphatic heterocycles. The van der Waals surface area contributed by atoms with Crippen LogP contribution >= 0.6 is 19.5 Å². The average Bonchev–Trinajstić information content (AvgIpc) is 1.55. The van der Waals surface area contributed by atoms with Crippen molar-refractivity contribution >= 4 is 167 Å². The molecule has 17 rings (SSSR count). The summed E-state index contributed by atoms with van der Waals surface area (Å²) in [5, 5.41) is 19.1. The van der Waals surface area contributed by atoms with Crippen LogP contribution in [0.1, 0.15) is 60.8 Å². The molecule has 31 heteroatoms. The molecular weight excluding hydrogens is 1340 g/mol. The van der Waals surface area contributed by atoms with Crippen LogP contribution in [0.15, 0.2) is 171 Å². The van der Waals surface area contributed by atoms with Crippen LogP contribution in [0.4, 0.5) is 11.6 Å². The first-order chi connectivity index (χ1) is 43.9. The molecule has 2 aromatic heterocycles. The maximum absolute atomic E-state index is 12.8. The molecule has 10 aromatic rings. The molecule has 3 N–H and O–H groups in total. The Morgan fingerprint density at radius 3 is 1.28 bits per heavy atom. The Labute approximate surface area is 537 Å². The van der Waals surface area contributed by atoms with E-state index in [1.165, 1.54) is 120 Å². The Bertz CT molecular complexity index is 5580. The van der Waals surface area contributed by atoms with Gasteiger partial charge >= 0.3 is 432 Å². The van der Waals surface area contributed by atoms with Crippen LogP contribution in [-0.4, -0.2) is 152 Å². The third-order valence-corrected chi connectivity index (χ3v) is 28.5. The van der Waals surface area contributed by atoms with Gasteiger partial charge in [-0.15, -0.1) is 0 Å². The quantitative estimate of drug-likeness (QED) is 0.0489. The van der Waals surface area contributed by atoms with Crippen molar-refractivity contribution < 1.29 is 63.8 Å². The van der Waals surface area contributed by atoms with Gasteiger partial charge in [0.15, 0.2) is 0 Å². The van der Waals surface area contributed by atoms with Crippen molar-refractivity contribution in [1.82, 2.24) is 20.6 Å². The number of rotatable bonds is 9. The summed E-state index contributed by atoms with van der Waals surface area (Å²) in [6.45, 7) is 7.84. The molecule has 7 aliphatic rings. The van der Waals surface area contributed by atoms with E-state index in [2.05, 4.69) is 30.8 Å². The molecule has 8 aromatic carbocycles. The predicted molar refractivity (Wildman–Crippen MR) is 343 cm³/mol. The summed E-state index contributed by atoms with van der Waals surface area (Å²) in [7, 11) is -14.2. The van der Waals surface area contributed by atoms with E-state index < -0.39 is 70.4 Å². The molecule has 0 amide bonds. The first-order valence-electron chi connectivity index (χ1n) is 29.2. The molecule has 25 nitrogen and oxygen atoms in total. The zero-order valence-corrected chi connectivity index (χ0v) is 55.1. The van der Waals surface area contributed by atoms with E-state index in [9.17, 15) is 44.2 Å². The van der Waals surface area contributed by atoms with Gasteiger partial charge in [0.25, 0.3) is 0 Å². The number of fused-ring (bicyclic) bond motifs is 18. The molecule has 0 atom stereocenters. The van der Waals surface area contributed by atoms with Crippen LogP contribution in [0.5, 0.6) is 0 Å². The topological polar surface area (TPSA) is 352 Å². The van der Waals surface area contributed by atoms with Gasteiger partial charge in [-0.3, -0.25) is 0 Å². The number of nitrogens with zero attached hydrogens (tertiary/aromatic N) is 11. The van der Waals surface area contributed by atoms with Gasteiger partial charge in [0.2, 0.25) is 0 Å². The third kappa shape index (κ3) is 9.89. The van der Waals surface area contributed by atoms with E-state index in [1.807, 2.05) is 24.7 Å². The van der Waals surface area contributed by atoms with Crippen molar-refractivity contribution in [2.45, 2.75) is 58.1 Å². The van der Waals surface area contributed by atoms with E-state index >= 15 is 0 Å². The molecule has 1 radical (unpaired) electrons. The summed E-state index contributed by atoms with van der Waals surface area (Å²) >= 11 is -1.74. The second-order valence-electron chi connectivity index (χ2n) is 23.0. The summed E-state index contributed by atoms with van der Waals surface area (Å²) in [5.74, 6) is 1.07. The van der Waals surface area contributed by atoms with Crippen molar-refractivity contribution in [3.63, 3.8) is 0 Å². The Morgan fingerprint density at radius 1 is 0.457 bits per heavy atom. The summed E-state index contributed by atoms with van der Waals surface area (Å²) in [5.41, 5.74) is 2.28. The molecule has 92 heavy (non-hydrogen) atoms. The molecule has 0 spiro atoms. The predicted octanol–water partition coefficient (Wildman–Crippen LogP) is 5.13. The number of benzene rings is 8. The summed E-state index contributed by atoms with van der Waals surface area (Å²) in [6, 6.07) is 31.7. The van der Waals surface area contributed by atoms with Gasteiger partial charge in [-0.05, 0) is 38.5 Å². The minimum absolute atomic E-state index is 0. The first-order valence-corrected chi connectivity index (χ1v) is 38.0. The molecule has 0 aliphatic carbocycles. The number of aliphatic imine (C=N–C) groups is 4. The van der Waals surface area contributed by atoms with Gasteiger partial charge in [-0.2, -0.15) is 0 Å². The number of aromatic nitrogens is 2. The summed E-state index contributed by atoms with van der Waals surface area (Å²) in [4.78, 5) is 30.2. The van der Waals surface area contributed by atoms with Crippen LogP contribution in [0.25, 0.3) is 64.6 Å². The van der Waals surface area contributed by atoms with Crippen LogP contribution in [-0.2, 0) is 39.7 Å². The fourth-order valence-corrected chi connectivity index (χ4v) is 24.1. The third-order valence-electron chi connectivity index (χ3n) is 17.9. The van der Waals surface area contributed by atoms with E-state index in [0.717, 1.165) is 0 Å². The van der Waals surface area contributed by atoms with Crippen LogP contribution in [0.3, 0.4) is 0 Å². The van der Waals surface area contributed by atoms with Crippen molar-refractivity contribution in [3.05, 3.63) is 155 Å². The van der Waals surface area contributed by atoms with Gasteiger partial charge in [0, 0.05) is 39.3 Å². The van der Waals surface area contributed by atoms with Crippen LogP contribution in [0.2, 0.25) is 0 Å². The van der Waals surface area contributed by atoms with Gasteiger partial charge in [0.1, 0.15) is 7.05 Å². The van der Waals surface area contributed by atoms with Gasteiger partial charge in [-0.1, -0.05) is 0 Å². The standard InChI is InChI=1S/C48H24N8O12S4.C13H27N4P.Ga.H2O/c57-67-68-69-37-9-1-5-21-13-29-33(17-25(21)37)45-49-41(29)51-46-35-19-27-23(7-3-11-39(27)71(61,62)63)15-31(35)43(53-46)55-48-36-20-28-24(8-4-12-40(28)72(64,65)66)16-32(36)44(56-48)54-47-34-18-26-22(14-30(34)42(50-45)52-47)6-2-10-38(26)70(58,59)60;1-14-18(15-8-2-3-9-15,16-10-4-5-11-16)17-12-6-7-13-17;;/h1-20H,(H4-2,49,50,51,52,53,54,55,56,57,58,59,60,61,62,63,64,65,66);2-13H2,1H3;;1H2/q-2;;+2;/p-3. The Balaban J connectivity index is 0.000000318. The summed E-state index contributed by atoms with van der Waals surface area (Å²) in [6.07, 6.45) is 8.36. The fraction of sp³-hybridized carbons (Fsp3) is 0.213. The number of nitrogens with one attached hydrogen (secondary N) is 1. The Hall–Kier alpha value is -7.17. The van der Waals surface area contributed by atoms with Crippen molar-refractivity contribution in [2.75, 3.05) is 46.3 Å². The molecular formula is C61H50GaN12O13PS4-3. The molecule has 6 bridgehead atoms. The fourth-order valence-electron chi connectivity index (χ4n) is 14.0. The SMILES string of the molecule is C[NH+]=P(N1CCCC1)(N1CCCC1)N1CCCC1.O.O=S(=O)([O-])c1cccc2cc3c(cc12)C1=Nc2c4cc5cccc(S(=O)(=O)[O-])c5cc4c4[n]2[Ga][n]2c(c5cc6cccc(S(=O)(=O)[O-])c6cc5c2=NC3=N1)=NC1=NC(=N4)c2cc3cccc(SOO[O-])c3cc21. The van der Waals surface area contributed by atoms with Crippen molar-refractivity contribution in [1.29, 1.82) is 0 Å². The van der Waals surface area contributed by atoms with Gasteiger partial charge in [-0.25, -0.2) is 18.8 Å². The molecule has 9 heterocycles. The molecule has 3 fully saturated rings. The van der Waals surface area contributed by atoms with E-state index in [0.29, 0.717) is 93.2 Å². The first kappa shape index (κ1) is 61.0. The van der Waals surface area contributed by atoms with E-state index in [1.54, 1.807) is 60.7 Å². The van der Waals surface area contributed by atoms with Crippen LogP contribution in [0, 0.1) is 0 Å². The monoisotopic (exact) mass is 1390 g/mol. The van der Waals surface area contributed by atoms with Crippen LogP contribution < -0.4 is 21.0 Å². The molecule has 467 valence electrons. The minimum atomic E-state index is -5.02. The zero-order valence-electron chi connectivity index (χ0n) is 48.5. The van der Waals surface area contributed by atoms with E-state index in [-0.39, 0.29) is 62.1 Å². The molecule has 0 saturated carbocycles. The van der Waals surface area contributed by atoms with E-state index in [4.69, 9.17) is 34.3 Å². The zero-order chi connectivity index (χ0) is 62.5. The second-order valence-corrected chi connectivity index (χ2v) is 33.7. The number of amidine groups is 4. The van der Waals surface area contributed by atoms with Gasteiger partial charge < -0.3 is 5.48 Å². The second kappa shape index (κ2) is 22.8. The Morgan fingerprint density at radius 2 is 0.826 bits per heavy atom. The number of hydrogen-bond acceptors (Lipinski definition) is 19. The van der Waals surface area contributed by atoms with Crippen molar-refractivity contribution in [2.24, 2.45) is 30.0 Å². The molecule has 0 unspecified atom stereocenters. The summed E-state index contributed by atoms with van der Waals surface area (Å²) < 4.78 is 136. The normalized spacial score (nSPS) is 17.4. The molecule has 3 saturated heterocycles. The van der Waals surface area contributed by atoms with Gasteiger partial charge in [0.05, 0.1) is 0 Å².